The van der Waals surface area contributed by atoms with Crippen molar-refractivity contribution in [3.05, 3.63) is 41.7 Å². The molecule has 136 valence electrons. The molecule has 1 aromatic carbocycles. The number of sulfone groups is 1. The molecule has 2 heterocycles. The van der Waals surface area contributed by atoms with Crippen molar-refractivity contribution in [2.75, 3.05) is 25.2 Å². The first-order valence-electron chi connectivity index (χ1n) is 8.37. The molecular weight excluding hydrogens is 345 g/mol. The van der Waals surface area contributed by atoms with Crippen LogP contribution >= 0.6 is 0 Å². The van der Waals surface area contributed by atoms with E-state index in [0.29, 0.717) is 38.1 Å². The van der Waals surface area contributed by atoms with Crippen LogP contribution in [0.25, 0.3) is 5.69 Å². The molecule has 1 saturated heterocycles. The van der Waals surface area contributed by atoms with E-state index in [1.54, 1.807) is 23.9 Å². The highest BCUT2D eigenvalue weighted by molar-refractivity contribution is 7.91. The number of aromatic nitrogens is 3. The largest absolute Gasteiger partial charge is 0.384 e. The van der Waals surface area contributed by atoms with Gasteiger partial charge in [-0.25, -0.2) is 22.5 Å². The zero-order chi connectivity index (χ0) is 17.9. The van der Waals surface area contributed by atoms with Crippen molar-refractivity contribution >= 4 is 9.84 Å². The lowest BCUT2D eigenvalue weighted by molar-refractivity contribution is 0.200. The Bertz CT molecular complexity index is 804. The summed E-state index contributed by atoms with van der Waals surface area (Å²) in [6.07, 6.45) is 2.54. The first-order valence-corrected chi connectivity index (χ1v) is 10.2. The Morgan fingerprint density at radius 3 is 2.56 bits per heavy atom. The molecule has 25 heavy (non-hydrogen) atoms. The fourth-order valence-electron chi connectivity index (χ4n) is 3.01. The minimum Gasteiger partial charge on any atom is -0.384 e. The first-order chi connectivity index (χ1) is 12.0. The van der Waals surface area contributed by atoms with Crippen molar-refractivity contribution in [2.24, 2.45) is 5.92 Å². The summed E-state index contributed by atoms with van der Waals surface area (Å²) < 4.78 is 43.2. The number of benzene rings is 1. The smallest absolute Gasteiger partial charge is 0.153 e. The maximum atomic E-state index is 13.2. The summed E-state index contributed by atoms with van der Waals surface area (Å²) in [6, 6.07) is 6.11. The average molecular weight is 367 g/mol. The molecular formula is C17H22FN3O3S. The first kappa shape index (κ1) is 18.0. The summed E-state index contributed by atoms with van der Waals surface area (Å²) in [7, 11) is -1.26. The van der Waals surface area contributed by atoms with E-state index in [2.05, 4.69) is 10.1 Å². The van der Waals surface area contributed by atoms with Gasteiger partial charge in [-0.1, -0.05) is 0 Å². The fourth-order valence-corrected chi connectivity index (χ4v) is 4.60. The van der Waals surface area contributed by atoms with Gasteiger partial charge in [0.15, 0.2) is 5.82 Å². The molecule has 0 amide bonds. The summed E-state index contributed by atoms with van der Waals surface area (Å²) in [6.45, 7) is 0.522. The van der Waals surface area contributed by atoms with Gasteiger partial charge < -0.3 is 4.74 Å². The molecule has 0 atom stereocenters. The van der Waals surface area contributed by atoms with Crippen molar-refractivity contribution in [3.8, 4) is 5.69 Å². The second-order valence-electron chi connectivity index (χ2n) is 6.37. The number of ether oxygens (including phenoxy) is 1. The molecule has 0 bridgehead atoms. The Balaban J connectivity index is 1.83. The standard InChI is InChI=1S/C17H22FN3O3S/c1-24-9-6-16-19-17(12-13-7-10-25(22,23)11-8-13)21(20-16)15-4-2-14(18)3-5-15/h2-5,13H,6-12H2,1H3. The van der Waals surface area contributed by atoms with Crippen LogP contribution in [-0.2, 0) is 27.4 Å². The number of nitrogens with zero attached hydrogens (tertiary/aromatic N) is 3. The Kier molecular flexibility index (Phi) is 5.48. The van der Waals surface area contributed by atoms with E-state index in [0.717, 1.165) is 11.5 Å². The van der Waals surface area contributed by atoms with E-state index in [9.17, 15) is 12.8 Å². The highest BCUT2D eigenvalue weighted by atomic mass is 32.2. The Morgan fingerprint density at radius 1 is 1.24 bits per heavy atom. The molecule has 0 saturated carbocycles. The number of hydrogen-bond donors (Lipinski definition) is 0. The SMILES string of the molecule is COCCc1nc(CC2CCS(=O)(=O)CC2)n(-c2ccc(F)cc2)n1. The third-order valence-corrected chi connectivity index (χ3v) is 6.18. The number of methoxy groups -OCH3 is 1. The number of rotatable bonds is 6. The summed E-state index contributed by atoms with van der Waals surface area (Å²) in [5.74, 6) is 1.88. The van der Waals surface area contributed by atoms with Gasteiger partial charge in [-0.3, -0.25) is 0 Å². The van der Waals surface area contributed by atoms with Gasteiger partial charge in [-0.2, -0.15) is 5.10 Å². The van der Waals surface area contributed by atoms with Crippen LogP contribution in [0.4, 0.5) is 4.39 Å². The van der Waals surface area contributed by atoms with Crippen LogP contribution in [-0.4, -0.2) is 48.4 Å². The van der Waals surface area contributed by atoms with Crippen molar-refractivity contribution in [2.45, 2.75) is 25.7 Å². The molecule has 0 radical (unpaired) electrons. The van der Waals surface area contributed by atoms with Crippen LogP contribution in [0, 0.1) is 11.7 Å². The van der Waals surface area contributed by atoms with Gasteiger partial charge in [-0.05, 0) is 43.0 Å². The van der Waals surface area contributed by atoms with E-state index in [1.807, 2.05) is 0 Å². The van der Waals surface area contributed by atoms with Crippen molar-refractivity contribution in [1.29, 1.82) is 0 Å². The molecule has 8 heteroatoms. The molecule has 2 aromatic rings. The molecule has 1 aliphatic heterocycles. The van der Waals surface area contributed by atoms with Crippen LogP contribution in [0.15, 0.2) is 24.3 Å². The van der Waals surface area contributed by atoms with Gasteiger partial charge >= 0.3 is 0 Å². The van der Waals surface area contributed by atoms with E-state index in [-0.39, 0.29) is 23.2 Å². The van der Waals surface area contributed by atoms with Crippen molar-refractivity contribution in [3.63, 3.8) is 0 Å². The van der Waals surface area contributed by atoms with Gasteiger partial charge in [-0.15, -0.1) is 0 Å². The second-order valence-corrected chi connectivity index (χ2v) is 8.68. The van der Waals surface area contributed by atoms with E-state index >= 15 is 0 Å². The third kappa shape index (κ3) is 4.64. The summed E-state index contributed by atoms with van der Waals surface area (Å²) in [5.41, 5.74) is 0.746. The van der Waals surface area contributed by atoms with Gasteiger partial charge in [0.1, 0.15) is 21.5 Å². The fraction of sp³-hybridized carbons (Fsp3) is 0.529. The third-order valence-electron chi connectivity index (χ3n) is 4.46. The zero-order valence-electron chi connectivity index (χ0n) is 14.2. The molecule has 6 nitrogen and oxygen atoms in total. The van der Waals surface area contributed by atoms with Crippen LogP contribution in [0.2, 0.25) is 0 Å². The molecule has 0 N–H and O–H groups in total. The summed E-state index contributed by atoms with van der Waals surface area (Å²) in [4.78, 5) is 4.61. The highest BCUT2D eigenvalue weighted by Gasteiger charge is 2.25. The minimum atomic E-state index is -2.88. The lowest BCUT2D eigenvalue weighted by Crippen LogP contribution is -2.25. The van der Waals surface area contributed by atoms with Gasteiger partial charge in [0.25, 0.3) is 0 Å². The van der Waals surface area contributed by atoms with Gasteiger partial charge in [0.2, 0.25) is 0 Å². The van der Waals surface area contributed by atoms with Crippen LogP contribution in [0.3, 0.4) is 0 Å². The quantitative estimate of drug-likeness (QED) is 0.780. The molecule has 0 unspecified atom stereocenters. The van der Waals surface area contributed by atoms with Crippen LogP contribution in [0.1, 0.15) is 24.5 Å². The summed E-state index contributed by atoms with van der Waals surface area (Å²) in [5, 5.41) is 4.53. The van der Waals surface area contributed by atoms with Crippen molar-refractivity contribution in [1.82, 2.24) is 14.8 Å². The highest BCUT2D eigenvalue weighted by Crippen LogP contribution is 2.23. The molecule has 1 aromatic heterocycles. The van der Waals surface area contributed by atoms with Gasteiger partial charge in [0, 0.05) is 20.0 Å². The van der Waals surface area contributed by atoms with Crippen LogP contribution in [0.5, 0.6) is 0 Å². The van der Waals surface area contributed by atoms with Crippen LogP contribution < -0.4 is 0 Å². The normalized spacial score (nSPS) is 17.7. The molecule has 0 aliphatic carbocycles. The van der Waals surface area contributed by atoms with E-state index in [4.69, 9.17) is 4.74 Å². The lowest BCUT2D eigenvalue weighted by Gasteiger charge is -2.21. The van der Waals surface area contributed by atoms with Crippen molar-refractivity contribution < 1.29 is 17.5 Å². The molecule has 1 fully saturated rings. The number of hydrogen-bond acceptors (Lipinski definition) is 5. The predicted octanol–water partition coefficient (Wildman–Crippen LogP) is 1.96. The average Bonchev–Trinajstić information content (AvgIpc) is 2.98. The number of halogens is 1. The lowest BCUT2D eigenvalue weighted by atomic mass is 9.98. The Labute approximate surface area is 146 Å². The maximum absolute atomic E-state index is 13.2. The molecule has 3 rings (SSSR count). The monoisotopic (exact) mass is 367 g/mol. The van der Waals surface area contributed by atoms with Gasteiger partial charge in [0.05, 0.1) is 23.8 Å². The topological polar surface area (TPSA) is 74.1 Å². The second kappa shape index (κ2) is 7.61. The summed E-state index contributed by atoms with van der Waals surface area (Å²) >= 11 is 0. The minimum absolute atomic E-state index is 0.235. The molecule has 1 aliphatic rings. The van der Waals surface area contributed by atoms with E-state index < -0.39 is 9.84 Å². The Hall–Kier alpha value is -1.80. The van der Waals surface area contributed by atoms with E-state index in [1.165, 1.54) is 12.1 Å². The Morgan fingerprint density at radius 2 is 1.92 bits per heavy atom. The predicted molar refractivity (Wildman–Crippen MR) is 92.0 cm³/mol. The zero-order valence-corrected chi connectivity index (χ0v) is 15.0. The molecule has 0 spiro atoms. The maximum Gasteiger partial charge on any atom is 0.153 e.